The SMILES string of the molecule is CC(C)(C)C(=O)OCn1nnnc1C1N2C(=O)C(NC(=O)Cc3ccccc3CN)[C@H]2SC1(C)C. The van der Waals surface area contributed by atoms with Crippen LogP contribution in [-0.2, 0) is 38.8 Å². The first-order valence-corrected chi connectivity index (χ1v) is 12.3. The van der Waals surface area contributed by atoms with Crippen molar-refractivity contribution in [2.45, 2.75) is 76.5 Å². The summed E-state index contributed by atoms with van der Waals surface area (Å²) in [5, 5.41) is 14.5. The Morgan fingerprint density at radius 2 is 1.91 bits per heavy atom. The predicted octanol–water partition coefficient (Wildman–Crippen LogP) is 1.14. The monoisotopic (exact) mass is 501 g/mol. The van der Waals surface area contributed by atoms with Crippen LogP contribution in [0.3, 0.4) is 0 Å². The third-order valence-electron chi connectivity index (χ3n) is 6.18. The second kappa shape index (κ2) is 9.23. The normalized spacial score (nSPS) is 23.0. The van der Waals surface area contributed by atoms with Gasteiger partial charge in [-0.05, 0) is 56.2 Å². The van der Waals surface area contributed by atoms with Crippen molar-refractivity contribution in [1.82, 2.24) is 30.4 Å². The molecule has 4 rings (SSSR count). The summed E-state index contributed by atoms with van der Waals surface area (Å²) in [6.07, 6.45) is 0.152. The molecule has 11 nitrogen and oxygen atoms in total. The van der Waals surface area contributed by atoms with E-state index < -0.39 is 22.2 Å². The molecule has 0 radical (unpaired) electrons. The lowest BCUT2D eigenvalue weighted by Gasteiger charge is -2.44. The fraction of sp³-hybridized carbons (Fsp3) is 0.565. The van der Waals surface area contributed by atoms with Crippen molar-refractivity contribution in [1.29, 1.82) is 0 Å². The lowest BCUT2D eigenvalue weighted by molar-refractivity contribution is -0.158. The number of carbonyl (C=O) groups is 3. The number of thioether (sulfide) groups is 1. The lowest BCUT2D eigenvalue weighted by atomic mass is 9.95. The molecule has 3 heterocycles. The molecular weight excluding hydrogens is 470 g/mol. The molecule has 2 fully saturated rings. The number of ether oxygens (including phenoxy) is 1. The van der Waals surface area contributed by atoms with Crippen LogP contribution in [0.15, 0.2) is 24.3 Å². The van der Waals surface area contributed by atoms with Gasteiger partial charge in [-0.2, -0.15) is 4.68 Å². The number of rotatable bonds is 7. The molecule has 2 aromatic rings. The number of hydrogen-bond acceptors (Lipinski definition) is 9. The summed E-state index contributed by atoms with van der Waals surface area (Å²) in [4.78, 5) is 39.8. The number of nitrogens with one attached hydrogen (secondary N) is 1. The van der Waals surface area contributed by atoms with Crippen molar-refractivity contribution in [2.75, 3.05) is 0 Å². The summed E-state index contributed by atoms with van der Waals surface area (Å²) >= 11 is 1.58. The molecule has 0 saturated carbocycles. The molecule has 1 aromatic carbocycles. The van der Waals surface area contributed by atoms with Gasteiger partial charge in [0, 0.05) is 11.3 Å². The number of nitrogens with two attached hydrogens (primary N) is 1. The van der Waals surface area contributed by atoms with Crippen LogP contribution in [0.4, 0.5) is 0 Å². The van der Waals surface area contributed by atoms with Crippen molar-refractivity contribution in [3.8, 4) is 0 Å². The summed E-state index contributed by atoms with van der Waals surface area (Å²) in [5.41, 5.74) is 6.86. The van der Waals surface area contributed by atoms with Crippen LogP contribution in [0.2, 0.25) is 0 Å². The van der Waals surface area contributed by atoms with E-state index in [1.165, 1.54) is 4.68 Å². The zero-order valence-corrected chi connectivity index (χ0v) is 21.3. The number of fused-ring (bicyclic) bond motifs is 1. The molecule has 0 bridgehead atoms. The third-order valence-corrected chi connectivity index (χ3v) is 7.75. The molecule has 2 aliphatic rings. The summed E-state index contributed by atoms with van der Waals surface area (Å²) in [7, 11) is 0. The van der Waals surface area contributed by atoms with E-state index in [1.54, 1.807) is 37.4 Å². The molecule has 188 valence electrons. The Kier molecular flexibility index (Phi) is 6.62. The maximum atomic E-state index is 13.2. The van der Waals surface area contributed by atoms with E-state index in [0.29, 0.717) is 12.4 Å². The molecule has 3 atom stereocenters. The Hall–Kier alpha value is -2.99. The first-order chi connectivity index (χ1) is 16.4. The molecule has 3 N–H and O–H groups in total. The fourth-order valence-electron chi connectivity index (χ4n) is 4.33. The van der Waals surface area contributed by atoms with Gasteiger partial charge >= 0.3 is 5.97 Å². The Morgan fingerprint density at radius 1 is 1.23 bits per heavy atom. The van der Waals surface area contributed by atoms with Crippen molar-refractivity contribution in [2.24, 2.45) is 11.1 Å². The Labute approximate surface area is 208 Å². The maximum absolute atomic E-state index is 13.2. The molecule has 2 unspecified atom stereocenters. The predicted molar refractivity (Wildman–Crippen MR) is 128 cm³/mol. The van der Waals surface area contributed by atoms with Crippen LogP contribution >= 0.6 is 11.8 Å². The van der Waals surface area contributed by atoms with E-state index in [4.69, 9.17) is 10.5 Å². The highest BCUT2D eigenvalue weighted by Crippen LogP contribution is 2.56. The summed E-state index contributed by atoms with van der Waals surface area (Å²) in [6.45, 7) is 9.49. The summed E-state index contributed by atoms with van der Waals surface area (Å²) < 4.78 is 6.35. The minimum Gasteiger partial charge on any atom is -0.442 e. The van der Waals surface area contributed by atoms with Gasteiger partial charge in [0.2, 0.25) is 11.8 Å². The van der Waals surface area contributed by atoms with Gasteiger partial charge in [0.25, 0.3) is 0 Å². The Morgan fingerprint density at radius 3 is 2.57 bits per heavy atom. The summed E-state index contributed by atoms with van der Waals surface area (Å²) in [6, 6.07) is 6.42. The minimum atomic E-state index is -0.661. The van der Waals surface area contributed by atoms with Crippen LogP contribution in [0.1, 0.15) is 57.6 Å². The molecule has 0 spiro atoms. The number of aromatic nitrogens is 4. The molecule has 2 aliphatic heterocycles. The number of β-lactam (4-membered cyclic amide) rings is 1. The number of esters is 1. The van der Waals surface area contributed by atoms with Crippen molar-refractivity contribution < 1.29 is 19.1 Å². The molecule has 12 heteroatoms. The van der Waals surface area contributed by atoms with Crippen LogP contribution in [0.5, 0.6) is 0 Å². The molecule has 1 aromatic heterocycles. The molecule has 0 aliphatic carbocycles. The average Bonchev–Trinajstić information content (AvgIpc) is 3.34. The number of hydrogen-bond donors (Lipinski definition) is 2. The Balaban J connectivity index is 1.46. The van der Waals surface area contributed by atoms with Gasteiger partial charge in [-0.1, -0.05) is 24.3 Å². The first kappa shape index (κ1) is 25.1. The number of carbonyl (C=O) groups excluding carboxylic acids is 3. The van der Waals surface area contributed by atoms with Gasteiger partial charge < -0.3 is 20.7 Å². The highest BCUT2D eigenvalue weighted by molar-refractivity contribution is 8.01. The second-order valence-electron chi connectivity index (χ2n) is 10.3. The smallest absolute Gasteiger partial charge is 0.313 e. The Bertz CT molecular complexity index is 1140. The average molecular weight is 502 g/mol. The molecular formula is C23H31N7O4S. The zero-order chi connectivity index (χ0) is 25.5. The lowest BCUT2D eigenvalue weighted by Crippen LogP contribution is -2.68. The first-order valence-electron chi connectivity index (χ1n) is 11.4. The van der Waals surface area contributed by atoms with Gasteiger partial charge in [-0.3, -0.25) is 14.4 Å². The highest BCUT2D eigenvalue weighted by atomic mass is 32.2. The van der Waals surface area contributed by atoms with Gasteiger partial charge in [-0.25, -0.2) is 0 Å². The van der Waals surface area contributed by atoms with Gasteiger partial charge in [0.15, 0.2) is 12.6 Å². The van der Waals surface area contributed by atoms with Crippen molar-refractivity contribution in [3.63, 3.8) is 0 Å². The second-order valence-corrected chi connectivity index (χ2v) is 12.1. The standard InChI is InChI=1S/C23H31N7O4S/c1-22(2,3)21(33)34-12-29-18(26-27-28-29)17-23(4,5)35-20-16(19(32)30(17)20)25-15(31)10-13-8-6-7-9-14(13)11-24/h6-9,16-17,20H,10-12,24H2,1-5H3,(H,25,31)/t16?,17?,20-/m1/s1. The molecule has 2 amide bonds. The van der Waals surface area contributed by atoms with Crippen LogP contribution in [0.25, 0.3) is 0 Å². The number of tetrazole rings is 1. The quantitative estimate of drug-likeness (QED) is 0.421. The topological polar surface area (TPSA) is 145 Å². The van der Waals surface area contributed by atoms with Crippen LogP contribution in [0, 0.1) is 5.41 Å². The highest BCUT2D eigenvalue weighted by Gasteiger charge is 2.63. The fourth-order valence-corrected chi connectivity index (χ4v) is 5.96. The van der Waals surface area contributed by atoms with E-state index in [2.05, 4.69) is 20.8 Å². The van der Waals surface area contributed by atoms with E-state index in [1.807, 2.05) is 38.1 Å². The largest absolute Gasteiger partial charge is 0.442 e. The van der Waals surface area contributed by atoms with Gasteiger partial charge in [0.1, 0.15) is 17.5 Å². The number of nitrogens with zero attached hydrogens (tertiary/aromatic N) is 5. The number of amides is 2. The molecule has 2 saturated heterocycles. The van der Waals surface area contributed by atoms with Crippen LogP contribution in [-0.4, -0.2) is 59.1 Å². The zero-order valence-electron chi connectivity index (χ0n) is 20.5. The van der Waals surface area contributed by atoms with Gasteiger partial charge in [0.05, 0.1) is 11.8 Å². The van der Waals surface area contributed by atoms with E-state index in [9.17, 15) is 14.4 Å². The van der Waals surface area contributed by atoms with E-state index in [0.717, 1.165) is 11.1 Å². The molecule has 35 heavy (non-hydrogen) atoms. The third kappa shape index (κ3) is 4.76. The van der Waals surface area contributed by atoms with Gasteiger partial charge in [-0.15, -0.1) is 16.9 Å². The summed E-state index contributed by atoms with van der Waals surface area (Å²) in [5.74, 6) is -0.373. The van der Waals surface area contributed by atoms with Crippen molar-refractivity contribution in [3.05, 3.63) is 41.2 Å². The van der Waals surface area contributed by atoms with E-state index >= 15 is 0 Å². The van der Waals surface area contributed by atoms with Crippen LogP contribution < -0.4 is 11.1 Å². The van der Waals surface area contributed by atoms with Crippen molar-refractivity contribution >= 4 is 29.5 Å². The number of benzene rings is 1. The maximum Gasteiger partial charge on any atom is 0.313 e. The minimum absolute atomic E-state index is 0.150. The van der Waals surface area contributed by atoms with E-state index in [-0.39, 0.29) is 36.3 Å².